The number of nitrogens with zero attached hydrogens (tertiary/aromatic N) is 3. The molecule has 1 aliphatic heterocycles. The van der Waals surface area contributed by atoms with Crippen LogP contribution in [0.4, 0.5) is 17.1 Å². The van der Waals surface area contributed by atoms with Gasteiger partial charge in [0.15, 0.2) is 0 Å². The molecule has 0 unspecified atom stereocenters. The number of aromatic nitrogens is 1. The van der Waals surface area contributed by atoms with Crippen molar-refractivity contribution in [1.29, 1.82) is 0 Å². The van der Waals surface area contributed by atoms with E-state index in [-0.39, 0.29) is 0 Å². The first-order chi connectivity index (χ1) is 10.1. The van der Waals surface area contributed by atoms with Gasteiger partial charge in [-0.05, 0) is 25.1 Å². The molecule has 1 aromatic heterocycles. The van der Waals surface area contributed by atoms with Gasteiger partial charge in [-0.3, -0.25) is 4.98 Å². The summed E-state index contributed by atoms with van der Waals surface area (Å²) in [6.45, 7) is 2.43. The van der Waals surface area contributed by atoms with Crippen LogP contribution in [0.15, 0.2) is 35.5 Å². The molecule has 0 N–H and O–H groups in total. The zero-order chi connectivity index (χ0) is 15.0. The third-order valence-corrected chi connectivity index (χ3v) is 3.74. The second-order valence-corrected chi connectivity index (χ2v) is 5.53. The fourth-order valence-electron chi connectivity index (χ4n) is 2.38. The molecule has 21 heavy (non-hydrogen) atoms. The van der Waals surface area contributed by atoms with Crippen LogP contribution in [-0.4, -0.2) is 23.8 Å². The van der Waals surface area contributed by atoms with Crippen molar-refractivity contribution in [2.75, 3.05) is 18.6 Å². The SMILES string of the molecule is COc1cc(Cl)cc2c1N=C(Cl)CN2c1cccnc1C. The van der Waals surface area contributed by atoms with E-state index in [1.807, 2.05) is 30.0 Å². The lowest BCUT2D eigenvalue weighted by molar-refractivity contribution is 0.416. The molecule has 0 saturated heterocycles. The molecule has 1 aromatic carbocycles. The highest BCUT2D eigenvalue weighted by atomic mass is 35.5. The van der Waals surface area contributed by atoms with Crippen LogP contribution in [0.3, 0.4) is 0 Å². The minimum atomic E-state index is 0.477. The Bertz CT molecular complexity index is 731. The van der Waals surface area contributed by atoms with Gasteiger partial charge in [0.25, 0.3) is 0 Å². The Balaban J connectivity index is 2.22. The maximum atomic E-state index is 6.21. The lowest BCUT2D eigenvalue weighted by Gasteiger charge is -2.30. The summed E-state index contributed by atoms with van der Waals surface area (Å²) >= 11 is 12.4. The monoisotopic (exact) mass is 321 g/mol. The van der Waals surface area contributed by atoms with Crippen molar-refractivity contribution in [3.63, 3.8) is 0 Å². The van der Waals surface area contributed by atoms with Crippen LogP contribution in [0.5, 0.6) is 5.75 Å². The fraction of sp³-hybridized carbons (Fsp3) is 0.200. The van der Waals surface area contributed by atoms with Gasteiger partial charge in [-0.25, -0.2) is 4.99 Å². The van der Waals surface area contributed by atoms with E-state index in [4.69, 9.17) is 27.9 Å². The molecule has 0 saturated carbocycles. The zero-order valence-corrected chi connectivity index (χ0v) is 13.1. The maximum Gasteiger partial charge on any atom is 0.148 e. The number of benzene rings is 1. The third kappa shape index (κ3) is 2.57. The highest BCUT2D eigenvalue weighted by Gasteiger charge is 2.24. The summed E-state index contributed by atoms with van der Waals surface area (Å²) in [6, 6.07) is 7.48. The van der Waals surface area contributed by atoms with Crippen LogP contribution in [0, 0.1) is 6.92 Å². The van der Waals surface area contributed by atoms with E-state index in [9.17, 15) is 0 Å². The Morgan fingerprint density at radius 1 is 1.24 bits per heavy atom. The summed E-state index contributed by atoms with van der Waals surface area (Å²) in [7, 11) is 1.59. The van der Waals surface area contributed by atoms with E-state index in [0.29, 0.717) is 28.2 Å². The van der Waals surface area contributed by atoms with Crippen LogP contribution in [0.25, 0.3) is 0 Å². The smallest absolute Gasteiger partial charge is 0.148 e. The van der Waals surface area contributed by atoms with Crippen molar-refractivity contribution in [3.8, 4) is 5.75 Å². The number of pyridine rings is 1. The predicted octanol–water partition coefficient (Wildman–Crippen LogP) is 4.47. The summed E-state index contributed by atoms with van der Waals surface area (Å²) in [5.74, 6) is 0.599. The van der Waals surface area contributed by atoms with E-state index in [1.165, 1.54) is 0 Å². The summed E-state index contributed by atoms with van der Waals surface area (Å²) in [4.78, 5) is 10.8. The number of rotatable bonds is 2. The summed E-state index contributed by atoms with van der Waals surface area (Å²) in [5, 5.41) is 1.08. The molecule has 0 aliphatic carbocycles. The minimum absolute atomic E-state index is 0.477. The summed E-state index contributed by atoms with van der Waals surface area (Å²) in [6.07, 6.45) is 1.76. The molecular formula is C15H13Cl2N3O. The number of fused-ring (bicyclic) bond motifs is 1. The number of methoxy groups -OCH3 is 1. The molecule has 0 atom stereocenters. The second kappa shape index (κ2) is 5.54. The molecule has 0 amide bonds. The number of hydrogen-bond acceptors (Lipinski definition) is 4. The van der Waals surface area contributed by atoms with Gasteiger partial charge < -0.3 is 9.64 Å². The van der Waals surface area contributed by atoms with Gasteiger partial charge in [0.05, 0.1) is 30.7 Å². The third-order valence-electron chi connectivity index (χ3n) is 3.32. The van der Waals surface area contributed by atoms with Crippen molar-refractivity contribution in [2.24, 2.45) is 4.99 Å². The lowest BCUT2D eigenvalue weighted by atomic mass is 10.1. The summed E-state index contributed by atoms with van der Waals surface area (Å²) in [5.41, 5.74) is 3.42. The first-order valence-corrected chi connectivity index (χ1v) is 7.15. The van der Waals surface area contributed by atoms with Crippen molar-refractivity contribution < 1.29 is 4.74 Å². The lowest BCUT2D eigenvalue weighted by Crippen LogP contribution is -2.26. The molecule has 0 spiro atoms. The highest BCUT2D eigenvalue weighted by molar-refractivity contribution is 6.66. The average Bonchev–Trinajstić information content (AvgIpc) is 2.47. The van der Waals surface area contributed by atoms with Gasteiger partial charge >= 0.3 is 0 Å². The van der Waals surface area contributed by atoms with Gasteiger partial charge in [0, 0.05) is 17.3 Å². The largest absolute Gasteiger partial charge is 0.494 e. The molecule has 3 rings (SSSR count). The number of anilines is 2. The van der Waals surface area contributed by atoms with Crippen molar-refractivity contribution in [3.05, 3.63) is 41.2 Å². The predicted molar refractivity (Wildman–Crippen MR) is 86.9 cm³/mol. The number of ether oxygens (including phenoxy) is 1. The van der Waals surface area contributed by atoms with E-state index in [0.717, 1.165) is 17.1 Å². The van der Waals surface area contributed by atoms with E-state index in [1.54, 1.807) is 19.4 Å². The quantitative estimate of drug-likeness (QED) is 0.818. The molecular weight excluding hydrogens is 309 g/mol. The van der Waals surface area contributed by atoms with Crippen molar-refractivity contribution in [1.82, 2.24) is 4.98 Å². The normalized spacial score (nSPS) is 13.7. The van der Waals surface area contributed by atoms with Crippen LogP contribution >= 0.6 is 23.2 Å². The topological polar surface area (TPSA) is 37.7 Å². The molecule has 4 nitrogen and oxygen atoms in total. The standard InChI is InChI=1S/C15H13Cl2N3O/c1-9-11(4-3-5-18-9)20-8-14(17)19-15-12(20)6-10(16)7-13(15)21-2/h3-7H,8H2,1-2H3. The summed E-state index contributed by atoms with van der Waals surface area (Å²) < 4.78 is 5.36. The van der Waals surface area contributed by atoms with Crippen molar-refractivity contribution >= 4 is 45.4 Å². The zero-order valence-electron chi connectivity index (χ0n) is 11.6. The molecule has 6 heteroatoms. The molecule has 0 bridgehead atoms. The first kappa shape index (κ1) is 14.2. The maximum absolute atomic E-state index is 6.21. The Kier molecular flexibility index (Phi) is 3.74. The number of hydrogen-bond donors (Lipinski definition) is 0. The van der Waals surface area contributed by atoms with E-state index >= 15 is 0 Å². The van der Waals surface area contributed by atoms with Gasteiger partial charge in [-0.1, -0.05) is 23.2 Å². The van der Waals surface area contributed by atoms with Crippen LogP contribution in [0.1, 0.15) is 5.69 Å². The number of aliphatic imine (C=N–C) groups is 1. The Labute approximate surface area is 133 Å². The Morgan fingerprint density at radius 3 is 2.76 bits per heavy atom. The van der Waals surface area contributed by atoms with E-state index in [2.05, 4.69) is 9.98 Å². The fourth-order valence-corrected chi connectivity index (χ4v) is 2.79. The number of halogens is 2. The van der Waals surface area contributed by atoms with Gasteiger partial charge in [-0.15, -0.1) is 0 Å². The first-order valence-electron chi connectivity index (χ1n) is 6.40. The van der Waals surface area contributed by atoms with Crippen molar-refractivity contribution in [2.45, 2.75) is 6.92 Å². The second-order valence-electron chi connectivity index (χ2n) is 4.66. The van der Waals surface area contributed by atoms with Gasteiger partial charge in [-0.2, -0.15) is 0 Å². The van der Waals surface area contributed by atoms with Crippen LogP contribution in [0.2, 0.25) is 5.02 Å². The molecule has 1 aliphatic rings. The van der Waals surface area contributed by atoms with E-state index < -0.39 is 0 Å². The van der Waals surface area contributed by atoms with Gasteiger partial charge in [0.1, 0.15) is 16.6 Å². The molecule has 108 valence electrons. The Morgan fingerprint density at radius 2 is 2.05 bits per heavy atom. The van der Waals surface area contributed by atoms with Crippen LogP contribution in [-0.2, 0) is 0 Å². The Hall–Kier alpha value is -1.78. The minimum Gasteiger partial charge on any atom is -0.494 e. The average molecular weight is 322 g/mol. The van der Waals surface area contributed by atoms with Gasteiger partial charge in [0.2, 0.25) is 0 Å². The molecule has 0 fully saturated rings. The molecule has 2 heterocycles. The molecule has 2 aromatic rings. The highest BCUT2D eigenvalue weighted by Crippen LogP contribution is 2.45. The van der Waals surface area contributed by atoms with Crippen LogP contribution < -0.4 is 9.64 Å². The molecule has 0 radical (unpaired) electrons. The number of aryl methyl sites for hydroxylation is 1.